The molecule has 2 rings (SSSR count). The molecule has 6 nitrogen and oxygen atoms in total. The van der Waals surface area contributed by atoms with Crippen LogP contribution in [0, 0.1) is 0 Å². The Morgan fingerprint density at radius 2 is 2.28 bits per heavy atom. The number of carbonyl (C=O) groups excluding carboxylic acids is 1. The molecule has 94 valence electrons. The molecule has 1 atom stereocenters. The molecule has 0 aliphatic carbocycles. The maximum atomic E-state index is 10.8. The van der Waals surface area contributed by atoms with E-state index in [1.165, 1.54) is 6.33 Å². The van der Waals surface area contributed by atoms with Gasteiger partial charge in [-0.15, -0.1) is 0 Å². The van der Waals surface area contributed by atoms with Crippen LogP contribution in [0.1, 0.15) is 0 Å². The van der Waals surface area contributed by atoms with Crippen molar-refractivity contribution in [3.63, 3.8) is 0 Å². The summed E-state index contributed by atoms with van der Waals surface area (Å²) in [6.07, 6.45) is 1.32. The van der Waals surface area contributed by atoms with Crippen LogP contribution in [0.15, 0.2) is 29.0 Å². The van der Waals surface area contributed by atoms with Crippen molar-refractivity contribution in [1.29, 1.82) is 0 Å². The third-order valence-corrected chi connectivity index (χ3v) is 2.87. The number of benzene rings is 1. The number of carboxylic acids is 1. The third kappa shape index (κ3) is 2.57. The summed E-state index contributed by atoms with van der Waals surface area (Å²) in [6, 6.07) is 4.16. The van der Waals surface area contributed by atoms with E-state index in [1.807, 2.05) is 6.07 Å². The first-order valence-corrected chi connectivity index (χ1v) is 5.89. The van der Waals surface area contributed by atoms with E-state index in [0.29, 0.717) is 16.7 Å². The maximum absolute atomic E-state index is 10.8. The average molecular weight is 311 g/mol. The van der Waals surface area contributed by atoms with Gasteiger partial charge in [0.25, 0.3) is 0 Å². The lowest BCUT2D eigenvalue weighted by molar-refractivity contribution is -0.307. The Balaban J connectivity index is 2.44. The molecule has 0 aliphatic rings. The molecule has 0 bridgehead atoms. The number of halogens is 1. The molecule has 1 aromatic carbocycles. The van der Waals surface area contributed by atoms with Gasteiger partial charge in [0.1, 0.15) is 12.1 Å². The minimum absolute atomic E-state index is 0.338. The van der Waals surface area contributed by atoms with Gasteiger partial charge in [0.2, 0.25) is 0 Å². The highest BCUT2D eigenvalue weighted by atomic mass is 79.9. The number of anilines is 1. The first-order chi connectivity index (χ1) is 8.61. The number of fused-ring (bicyclic) bond motifs is 1. The number of aliphatic hydroxyl groups is 1. The van der Waals surface area contributed by atoms with Gasteiger partial charge in [-0.25, -0.2) is 9.97 Å². The summed E-state index contributed by atoms with van der Waals surface area (Å²) in [6.45, 7) is -0.582. The molecular weight excluding hydrogens is 302 g/mol. The number of aromatic nitrogens is 2. The number of hydrogen-bond acceptors (Lipinski definition) is 6. The molecule has 0 spiro atoms. The van der Waals surface area contributed by atoms with Gasteiger partial charge in [0.05, 0.1) is 24.1 Å². The van der Waals surface area contributed by atoms with Gasteiger partial charge in [0, 0.05) is 9.86 Å². The van der Waals surface area contributed by atoms with Crippen LogP contribution in [0.5, 0.6) is 0 Å². The van der Waals surface area contributed by atoms with E-state index in [4.69, 9.17) is 5.11 Å². The largest absolute Gasteiger partial charge is 0.548 e. The van der Waals surface area contributed by atoms with Crippen LogP contribution in [0.3, 0.4) is 0 Å². The smallest absolute Gasteiger partial charge is 0.137 e. The Morgan fingerprint density at radius 3 is 2.94 bits per heavy atom. The van der Waals surface area contributed by atoms with Crippen molar-refractivity contribution in [2.24, 2.45) is 0 Å². The third-order valence-electron chi connectivity index (χ3n) is 2.38. The van der Waals surface area contributed by atoms with Crippen molar-refractivity contribution in [2.75, 3.05) is 11.9 Å². The summed E-state index contributed by atoms with van der Waals surface area (Å²) in [5.74, 6) is -1.05. The lowest BCUT2D eigenvalue weighted by atomic mass is 10.2. The summed E-state index contributed by atoms with van der Waals surface area (Å²) in [4.78, 5) is 18.8. The molecule has 0 saturated carbocycles. The first-order valence-electron chi connectivity index (χ1n) is 5.10. The van der Waals surface area contributed by atoms with Crippen molar-refractivity contribution in [3.05, 3.63) is 29.0 Å². The van der Waals surface area contributed by atoms with Crippen LogP contribution in [0.2, 0.25) is 0 Å². The highest BCUT2D eigenvalue weighted by Gasteiger charge is 2.11. The van der Waals surface area contributed by atoms with Crippen molar-refractivity contribution < 1.29 is 15.0 Å². The minimum Gasteiger partial charge on any atom is -0.548 e. The van der Waals surface area contributed by atoms with Crippen LogP contribution in [-0.2, 0) is 4.79 Å². The summed E-state index contributed by atoms with van der Waals surface area (Å²) in [5.41, 5.74) is 0.672. The quantitative estimate of drug-likeness (QED) is 0.819. The van der Waals surface area contributed by atoms with Crippen molar-refractivity contribution in [1.82, 2.24) is 9.97 Å². The molecular formula is C11H9BrN3O3-. The Labute approximate surface area is 111 Å². The number of aliphatic carboxylic acids is 1. The molecule has 7 heteroatoms. The fourth-order valence-corrected chi connectivity index (χ4v) is 1.85. The van der Waals surface area contributed by atoms with Gasteiger partial charge in [-0.1, -0.05) is 15.9 Å². The molecule has 1 unspecified atom stereocenters. The van der Waals surface area contributed by atoms with E-state index in [9.17, 15) is 9.90 Å². The number of hydrogen-bond donors (Lipinski definition) is 2. The highest BCUT2D eigenvalue weighted by Crippen LogP contribution is 2.23. The maximum Gasteiger partial charge on any atom is 0.137 e. The second-order valence-corrected chi connectivity index (χ2v) is 4.50. The van der Waals surface area contributed by atoms with Gasteiger partial charge < -0.3 is 20.3 Å². The number of rotatable bonds is 4. The van der Waals surface area contributed by atoms with Crippen LogP contribution in [-0.4, -0.2) is 33.7 Å². The molecule has 0 amide bonds. The molecule has 0 aliphatic heterocycles. The number of nitrogens with zero attached hydrogens (tertiary/aromatic N) is 2. The fourth-order valence-electron chi connectivity index (χ4n) is 1.49. The molecule has 0 fully saturated rings. The van der Waals surface area contributed by atoms with Crippen molar-refractivity contribution in [2.45, 2.75) is 6.04 Å². The highest BCUT2D eigenvalue weighted by molar-refractivity contribution is 9.10. The predicted octanol–water partition coefficient (Wildman–Crippen LogP) is -0.0850. The monoisotopic (exact) mass is 310 g/mol. The zero-order chi connectivity index (χ0) is 13.1. The standard InChI is InChI=1S/C11H10BrN3O3/c12-6-1-2-8-7(3-6)10(14-5-13-8)15-9(4-16)11(17)18/h1-3,5,9,16H,4H2,(H,17,18)(H,13,14,15)/p-1. The van der Waals surface area contributed by atoms with Crippen LogP contribution in [0.25, 0.3) is 10.9 Å². The Morgan fingerprint density at radius 1 is 1.50 bits per heavy atom. The lowest BCUT2D eigenvalue weighted by Gasteiger charge is -2.18. The Hall–Kier alpha value is -1.73. The molecule has 1 aromatic heterocycles. The van der Waals surface area contributed by atoms with E-state index in [1.54, 1.807) is 12.1 Å². The predicted molar refractivity (Wildman–Crippen MR) is 66.7 cm³/mol. The molecule has 2 aromatic rings. The van der Waals surface area contributed by atoms with E-state index in [0.717, 1.165) is 4.47 Å². The zero-order valence-electron chi connectivity index (χ0n) is 9.13. The molecule has 0 radical (unpaired) electrons. The zero-order valence-corrected chi connectivity index (χ0v) is 10.7. The second-order valence-electron chi connectivity index (χ2n) is 3.58. The molecule has 2 N–H and O–H groups in total. The van der Waals surface area contributed by atoms with Gasteiger partial charge in [0.15, 0.2) is 0 Å². The summed E-state index contributed by atoms with van der Waals surface area (Å²) in [7, 11) is 0. The molecule has 18 heavy (non-hydrogen) atoms. The van der Waals surface area contributed by atoms with E-state index < -0.39 is 18.6 Å². The van der Waals surface area contributed by atoms with Gasteiger partial charge >= 0.3 is 0 Å². The second kappa shape index (κ2) is 5.28. The molecule has 0 saturated heterocycles. The minimum atomic E-state index is -1.39. The van der Waals surface area contributed by atoms with Crippen LogP contribution < -0.4 is 10.4 Å². The molecule has 1 heterocycles. The van der Waals surface area contributed by atoms with E-state index in [-0.39, 0.29) is 0 Å². The first kappa shape index (κ1) is 12.7. The van der Waals surface area contributed by atoms with Gasteiger partial charge in [-0.3, -0.25) is 0 Å². The number of carboxylic acid groups (broad SMARTS) is 1. The summed E-state index contributed by atoms with van der Waals surface area (Å²) in [5, 5.41) is 23.0. The normalized spacial score (nSPS) is 12.3. The fraction of sp³-hybridized carbons (Fsp3) is 0.182. The Kier molecular flexibility index (Phi) is 3.73. The average Bonchev–Trinajstić information content (AvgIpc) is 2.35. The number of nitrogens with one attached hydrogen (secondary N) is 1. The number of carbonyl (C=O) groups is 1. The topological polar surface area (TPSA) is 98.2 Å². The van der Waals surface area contributed by atoms with Gasteiger partial charge in [-0.05, 0) is 18.2 Å². The summed E-state index contributed by atoms with van der Waals surface area (Å²) < 4.78 is 0.821. The SMILES string of the molecule is O=C([O-])C(CO)Nc1ncnc2ccc(Br)cc12. The van der Waals surface area contributed by atoms with Crippen LogP contribution >= 0.6 is 15.9 Å². The van der Waals surface area contributed by atoms with Crippen LogP contribution in [0.4, 0.5) is 5.82 Å². The van der Waals surface area contributed by atoms with Crippen molar-refractivity contribution >= 4 is 38.6 Å². The van der Waals surface area contributed by atoms with E-state index >= 15 is 0 Å². The Bertz CT molecular complexity index is 591. The van der Waals surface area contributed by atoms with Gasteiger partial charge in [-0.2, -0.15) is 0 Å². The van der Waals surface area contributed by atoms with Crippen molar-refractivity contribution in [3.8, 4) is 0 Å². The summed E-state index contributed by atoms with van der Waals surface area (Å²) >= 11 is 3.32. The lowest BCUT2D eigenvalue weighted by Crippen LogP contribution is -2.43. The van der Waals surface area contributed by atoms with E-state index in [2.05, 4.69) is 31.2 Å². The number of aliphatic hydroxyl groups excluding tert-OH is 1.